The van der Waals surface area contributed by atoms with Crippen LogP contribution in [0.5, 0.6) is 0 Å². The molecule has 0 bridgehead atoms. The number of unbranched alkanes of at least 4 members (excludes halogenated alkanes) is 11. The molecule has 0 spiro atoms. The summed E-state index contributed by atoms with van der Waals surface area (Å²) in [7, 11) is 1.50. The zero-order chi connectivity index (χ0) is 27.6. The topological polar surface area (TPSA) is 125 Å². The van der Waals surface area contributed by atoms with Crippen LogP contribution in [0.15, 0.2) is 18.2 Å². The van der Waals surface area contributed by atoms with Gasteiger partial charge >= 0.3 is 0 Å². The zero-order valence-electron chi connectivity index (χ0n) is 22.8. The van der Waals surface area contributed by atoms with Crippen LogP contribution in [0.1, 0.15) is 111 Å². The van der Waals surface area contributed by atoms with E-state index >= 15 is 0 Å². The van der Waals surface area contributed by atoms with Crippen LogP contribution >= 0.6 is 0 Å². The Morgan fingerprint density at radius 3 is 1.92 bits per heavy atom. The number of aldehydes is 1. The average Bonchev–Trinajstić information content (AvgIpc) is 3.17. The van der Waals surface area contributed by atoms with Gasteiger partial charge in [-0.15, -0.1) is 0 Å². The number of hydrogen-bond acceptors (Lipinski definition) is 6. The quantitative estimate of drug-likeness (QED) is 0.118. The van der Waals surface area contributed by atoms with Gasteiger partial charge in [-0.05, 0) is 37.5 Å². The number of carbonyl (C=O) groups is 5. The molecule has 1 aromatic carbocycles. The fourth-order valence-electron chi connectivity index (χ4n) is 4.74. The molecule has 1 aliphatic rings. The fraction of sp³-hybridized carbons (Fsp3) is 0.621. The first-order valence-corrected chi connectivity index (χ1v) is 14.1. The summed E-state index contributed by atoms with van der Waals surface area (Å²) in [5, 5.41) is 8.51. The van der Waals surface area contributed by atoms with E-state index in [1.807, 2.05) is 0 Å². The van der Waals surface area contributed by atoms with Crippen LogP contribution < -0.4 is 16.0 Å². The Balaban J connectivity index is 1.60. The molecule has 210 valence electrons. The summed E-state index contributed by atoms with van der Waals surface area (Å²) in [5.41, 5.74) is 1.36. The summed E-state index contributed by atoms with van der Waals surface area (Å²) in [6, 6.07) is 4.14. The molecule has 1 heterocycles. The van der Waals surface area contributed by atoms with E-state index < -0.39 is 17.9 Å². The van der Waals surface area contributed by atoms with Crippen LogP contribution in [-0.2, 0) is 14.4 Å². The molecule has 9 nitrogen and oxygen atoms in total. The highest BCUT2D eigenvalue weighted by atomic mass is 16.2. The average molecular weight is 529 g/mol. The number of nitrogens with zero attached hydrogens (tertiary/aromatic N) is 1. The number of fused-ring (bicyclic) bond motifs is 1. The maximum absolute atomic E-state index is 12.9. The summed E-state index contributed by atoms with van der Waals surface area (Å²) in [6.07, 6.45) is 16.1. The monoisotopic (exact) mass is 528 g/mol. The van der Waals surface area contributed by atoms with Crippen molar-refractivity contribution in [3.8, 4) is 0 Å². The van der Waals surface area contributed by atoms with E-state index in [-0.39, 0.29) is 18.7 Å². The molecule has 1 aliphatic heterocycles. The van der Waals surface area contributed by atoms with Crippen molar-refractivity contribution in [2.24, 2.45) is 0 Å². The minimum atomic E-state index is -0.959. The Labute approximate surface area is 226 Å². The Morgan fingerprint density at radius 1 is 0.816 bits per heavy atom. The predicted octanol–water partition coefficient (Wildman–Crippen LogP) is 4.22. The third kappa shape index (κ3) is 10.3. The number of benzene rings is 1. The second kappa shape index (κ2) is 18.1. The van der Waals surface area contributed by atoms with Gasteiger partial charge in [0.15, 0.2) is 0 Å². The van der Waals surface area contributed by atoms with Crippen molar-refractivity contribution in [1.82, 2.24) is 15.5 Å². The first kappa shape index (κ1) is 31.0. The second-order valence-electron chi connectivity index (χ2n) is 9.90. The molecule has 3 N–H and O–H groups in total. The molecule has 0 aliphatic carbocycles. The molecule has 0 saturated carbocycles. The van der Waals surface area contributed by atoms with Crippen molar-refractivity contribution in [2.45, 2.75) is 95.9 Å². The third-order valence-electron chi connectivity index (χ3n) is 7.01. The zero-order valence-corrected chi connectivity index (χ0v) is 22.8. The van der Waals surface area contributed by atoms with Crippen molar-refractivity contribution in [3.63, 3.8) is 0 Å². The summed E-state index contributed by atoms with van der Waals surface area (Å²) in [5.74, 6) is -1.23. The van der Waals surface area contributed by atoms with Crippen LogP contribution in [-0.4, -0.2) is 61.5 Å². The van der Waals surface area contributed by atoms with Crippen molar-refractivity contribution >= 4 is 36.1 Å². The number of rotatable bonds is 22. The third-order valence-corrected chi connectivity index (χ3v) is 7.01. The molecule has 38 heavy (non-hydrogen) atoms. The van der Waals surface area contributed by atoms with E-state index in [4.69, 9.17) is 0 Å². The van der Waals surface area contributed by atoms with Crippen LogP contribution in [0.25, 0.3) is 0 Å². The van der Waals surface area contributed by atoms with Gasteiger partial charge in [-0.2, -0.15) is 0 Å². The number of imide groups is 1. The number of hydrogen-bond donors (Lipinski definition) is 3. The number of amides is 4. The summed E-state index contributed by atoms with van der Waals surface area (Å²) < 4.78 is 0. The molecule has 0 aromatic heterocycles. The molecule has 9 heteroatoms. The van der Waals surface area contributed by atoms with E-state index in [0.29, 0.717) is 17.4 Å². The lowest BCUT2D eigenvalue weighted by Gasteiger charge is -2.20. The van der Waals surface area contributed by atoms with Crippen molar-refractivity contribution in [3.05, 3.63) is 29.3 Å². The van der Waals surface area contributed by atoms with E-state index in [1.54, 1.807) is 18.2 Å². The standard InChI is InChI=1S/C29H44N4O5/c1-30-27(36)17-15-24(21-34)33-28(37)25-16-14-23(20-26(25)29(33)38)32-19-13-11-9-7-5-3-2-4-6-8-10-12-18-31-22-35/h14,16,20-22,24,32H,2-13,15,17-19H2,1H3,(H,30,36)(H,31,35). The summed E-state index contributed by atoms with van der Waals surface area (Å²) in [6.45, 7) is 1.58. The van der Waals surface area contributed by atoms with Gasteiger partial charge in [0.2, 0.25) is 12.3 Å². The summed E-state index contributed by atoms with van der Waals surface area (Å²) >= 11 is 0. The molecule has 0 fully saturated rings. The van der Waals surface area contributed by atoms with Crippen molar-refractivity contribution in [2.75, 3.05) is 25.5 Å². The van der Waals surface area contributed by atoms with Gasteiger partial charge in [-0.25, -0.2) is 0 Å². The van der Waals surface area contributed by atoms with E-state index in [1.165, 1.54) is 64.8 Å². The van der Waals surface area contributed by atoms with Crippen molar-refractivity contribution < 1.29 is 24.0 Å². The lowest BCUT2D eigenvalue weighted by molar-refractivity contribution is -0.121. The molecule has 0 radical (unpaired) electrons. The molecule has 1 atom stereocenters. The highest BCUT2D eigenvalue weighted by molar-refractivity contribution is 6.22. The molecule has 4 amide bonds. The first-order chi connectivity index (χ1) is 18.5. The Kier molecular flexibility index (Phi) is 14.8. The fourth-order valence-corrected chi connectivity index (χ4v) is 4.74. The lowest BCUT2D eigenvalue weighted by atomic mass is 10.1. The minimum Gasteiger partial charge on any atom is -0.385 e. The highest BCUT2D eigenvalue weighted by Crippen LogP contribution is 2.28. The Bertz CT molecular complexity index is 920. The van der Waals surface area contributed by atoms with E-state index in [0.717, 1.165) is 49.3 Å². The number of carbonyl (C=O) groups excluding carboxylic acids is 5. The normalized spacial score (nSPS) is 13.2. The molecule has 1 aromatic rings. The van der Waals surface area contributed by atoms with Crippen LogP contribution in [0, 0.1) is 0 Å². The minimum absolute atomic E-state index is 0.0589. The lowest BCUT2D eigenvalue weighted by Crippen LogP contribution is -2.41. The van der Waals surface area contributed by atoms with Gasteiger partial charge in [-0.1, -0.05) is 64.2 Å². The van der Waals surface area contributed by atoms with Gasteiger partial charge in [-0.3, -0.25) is 24.1 Å². The molecule has 1 unspecified atom stereocenters. The highest BCUT2D eigenvalue weighted by Gasteiger charge is 2.40. The van der Waals surface area contributed by atoms with E-state index in [2.05, 4.69) is 16.0 Å². The Morgan fingerprint density at radius 2 is 1.37 bits per heavy atom. The van der Waals surface area contributed by atoms with Crippen LogP contribution in [0.4, 0.5) is 5.69 Å². The maximum Gasteiger partial charge on any atom is 0.262 e. The molecule has 0 saturated heterocycles. The van der Waals surface area contributed by atoms with Crippen LogP contribution in [0.3, 0.4) is 0 Å². The van der Waals surface area contributed by atoms with E-state index in [9.17, 15) is 24.0 Å². The number of anilines is 1. The molecular formula is C29H44N4O5. The SMILES string of the molecule is CNC(=O)CCC(C=O)N1C(=O)c2ccc(NCCCCCCCCCCCCCCNC=O)cc2C1=O. The second-order valence-corrected chi connectivity index (χ2v) is 9.90. The van der Waals surface area contributed by atoms with Gasteiger partial charge in [0.1, 0.15) is 6.29 Å². The largest absolute Gasteiger partial charge is 0.385 e. The first-order valence-electron chi connectivity index (χ1n) is 14.1. The van der Waals surface area contributed by atoms with Gasteiger partial charge in [0, 0.05) is 32.2 Å². The predicted molar refractivity (Wildman–Crippen MR) is 148 cm³/mol. The number of nitrogens with one attached hydrogen (secondary N) is 3. The van der Waals surface area contributed by atoms with Gasteiger partial charge in [0.05, 0.1) is 17.2 Å². The summed E-state index contributed by atoms with van der Waals surface area (Å²) in [4.78, 5) is 59.9. The Hall–Kier alpha value is -3.23. The molecular weight excluding hydrogens is 484 g/mol. The van der Waals surface area contributed by atoms with Crippen LogP contribution in [0.2, 0.25) is 0 Å². The molecule has 2 rings (SSSR count). The van der Waals surface area contributed by atoms with Gasteiger partial charge < -0.3 is 20.7 Å². The smallest absolute Gasteiger partial charge is 0.262 e. The van der Waals surface area contributed by atoms with Gasteiger partial charge in [0.25, 0.3) is 11.8 Å². The van der Waals surface area contributed by atoms with Crippen molar-refractivity contribution in [1.29, 1.82) is 0 Å². The maximum atomic E-state index is 12.9.